The first kappa shape index (κ1) is 16.8. The number of rotatable bonds is 3. The summed E-state index contributed by atoms with van der Waals surface area (Å²) in [6, 6.07) is 15.6. The van der Waals surface area contributed by atoms with E-state index in [4.69, 9.17) is 5.73 Å². The zero-order valence-electron chi connectivity index (χ0n) is 15.4. The minimum absolute atomic E-state index is 0.174. The molecule has 0 saturated carbocycles. The number of nitrogen functional groups attached to an aromatic ring is 1. The normalized spacial score (nSPS) is 11.1. The van der Waals surface area contributed by atoms with E-state index in [1.54, 1.807) is 7.05 Å². The van der Waals surface area contributed by atoms with Gasteiger partial charge in [0.05, 0.1) is 5.69 Å². The molecule has 2 heterocycles. The van der Waals surface area contributed by atoms with Gasteiger partial charge < -0.3 is 11.1 Å². The first-order valence-electron chi connectivity index (χ1n) is 8.60. The van der Waals surface area contributed by atoms with Crippen LogP contribution in [0.5, 0.6) is 0 Å². The molecule has 4 aromatic rings. The van der Waals surface area contributed by atoms with Gasteiger partial charge in [-0.1, -0.05) is 35.4 Å². The van der Waals surface area contributed by atoms with Gasteiger partial charge in [-0.3, -0.25) is 4.79 Å². The lowest BCUT2D eigenvalue weighted by Gasteiger charge is -2.14. The van der Waals surface area contributed by atoms with E-state index in [-0.39, 0.29) is 11.4 Å². The Hall–Kier alpha value is -3.61. The number of anilines is 3. The van der Waals surface area contributed by atoms with Crippen molar-refractivity contribution < 1.29 is 0 Å². The van der Waals surface area contributed by atoms with Crippen molar-refractivity contribution in [1.82, 2.24) is 19.3 Å². The summed E-state index contributed by atoms with van der Waals surface area (Å²) < 4.78 is 3.05. The van der Waals surface area contributed by atoms with Crippen molar-refractivity contribution in [1.29, 1.82) is 0 Å². The molecule has 27 heavy (non-hydrogen) atoms. The van der Waals surface area contributed by atoms with Crippen LogP contribution in [0.15, 0.2) is 53.3 Å². The van der Waals surface area contributed by atoms with Gasteiger partial charge in [0.25, 0.3) is 5.56 Å². The fraction of sp³-hybridized carbons (Fsp3) is 0.150. The van der Waals surface area contributed by atoms with Gasteiger partial charge in [0, 0.05) is 12.7 Å². The van der Waals surface area contributed by atoms with E-state index in [1.165, 1.54) is 9.25 Å². The van der Waals surface area contributed by atoms with Crippen molar-refractivity contribution in [3.63, 3.8) is 0 Å². The number of hydrogen-bond donors (Lipinski definition) is 2. The number of nitrogens with two attached hydrogens (primary N) is 1. The van der Waals surface area contributed by atoms with E-state index in [0.29, 0.717) is 22.7 Å². The van der Waals surface area contributed by atoms with Gasteiger partial charge in [0.15, 0.2) is 11.5 Å². The molecule has 136 valence electrons. The number of nitrogens with zero attached hydrogens (tertiary/aromatic N) is 4. The Balaban J connectivity index is 1.98. The zero-order valence-corrected chi connectivity index (χ0v) is 15.4. The molecule has 0 radical (unpaired) electrons. The fourth-order valence-electron chi connectivity index (χ4n) is 3.01. The molecule has 0 unspecified atom stereocenters. The molecule has 0 aliphatic rings. The summed E-state index contributed by atoms with van der Waals surface area (Å²) >= 11 is 0. The molecule has 2 aromatic carbocycles. The molecular formula is C20H20N6O. The van der Waals surface area contributed by atoms with E-state index < -0.39 is 0 Å². The maximum Gasteiger partial charge on any atom is 0.272 e. The molecule has 0 atom stereocenters. The van der Waals surface area contributed by atoms with Gasteiger partial charge in [0.1, 0.15) is 5.39 Å². The zero-order chi connectivity index (χ0) is 19.1. The van der Waals surface area contributed by atoms with Gasteiger partial charge in [-0.25, -0.2) is 9.25 Å². The summed E-state index contributed by atoms with van der Waals surface area (Å²) in [5, 5.41) is 7.72. The van der Waals surface area contributed by atoms with Crippen molar-refractivity contribution in [3.8, 4) is 5.69 Å². The largest absolute Gasteiger partial charge is 0.381 e. The average molecular weight is 360 g/mol. The maximum absolute atomic E-state index is 13.3. The lowest BCUT2D eigenvalue weighted by Crippen LogP contribution is -2.23. The molecule has 3 N–H and O–H groups in total. The summed E-state index contributed by atoms with van der Waals surface area (Å²) in [7, 11) is 1.72. The lowest BCUT2D eigenvalue weighted by molar-refractivity contribution is 0.788. The maximum atomic E-state index is 13.3. The third-order valence-corrected chi connectivity index (χ3v) is 4.48. The Morgan fingerprint density at radius 3 is 2.19 bits per heavy atom. The van der Waals surface area contributed by atoms with Gasteiger partial charge in [-0.2, -0.15) is 10.1 Å². The van der Waals surface area contributed by atoms with E-state index in [1.807, 2.05) is 62.4 Å². The molecule has 2 aromatic heterocycles. The summed E-state index contributed by atoms with van der Waals surface area (Å²) in [6.45, 7) is 4.02. The monoisotopic (exact) mass is 360 g/mol. The summed E-state index contributed by atoms with van der Waals surface area (Å²) in [5.41, 5.74) is 9.94. The lowest BCUT2D eigenvalue weighted by atomic mass is 10.2. The quantitative estimate of drug-likeness (QED) is 0.586. The Morgan fingerprint density at radius 1 is 0.963 bits per heavy atom. The van der Waals surface area contributed by atoms with Crippen molar-refractivity contribution in [2.24, 2.45) is 7.05 Å². The number of nitrogens with one attached hydrogen (secondary N) is 1. The highest BCUT2D eigenvalue weighted by atomic mass is 16.1. The first-order valence-corrected chi connectivity index (χ1v) is 8.60. The van der Waals surface area contributed by atoms with Crippen LogP contribution >= 0.6 is 0 Å². The molecular weight excluding hydrogens is 340 g/mol. The van der Waals surface area contributed by atoms with Crippen LogP contribution in [0, 0.1) is 13.8 Å². The molecule has 0 spiro atoms. The minimum atomic E-state index is -0.260. The number of fused-ring (bicyclic) bond motifs is 1. The van der Waals surface area contributed by atoms with Gasteiger partial charge in [-0.15, -0.1) is 0 Å². The highest BCUT2D eigenvalue weighted by molar-refractivity contribution is 5.87. The Bertz CT molecular complexity index is 1190. The van der Waals surface area contributed by atoms with Crippen molar-refractivity contribution in [2.45, 2.75) is 13.8 Å². The fourth-order valence-corrected chi connectivity index (χ4v) is 3.01. The smallest absolute Gasteiger partial charge is 0.272 e. The van der Waals surface area contributed by atoms with Crippen LogP contribution in [-0.2, 0) is 7.05 Å². The predicted octanol–water partition coefficient (Wildman–Crippen LogP) is 3.06. The first-order chi connectivity index (χ1) is 12.9. The molecule has 0 saturated heterocycles. The van der Waals surface area contributed by atoms with Gasteiger partial charge in [0.2, 0.25) is 5.95 Å². The van der Waals surface area contributed by atoms with Crippen LogP contribution in [0.4, 0.5) is 17.5 Å². The summed E-state index contributed by atoms with van der Waals surface area (Å²) in [6.07, 6.45) is 0. The SMILES string of the molecule is Cc1ccc(Nc2nc3c(c(N)nn3C)c(=O)n2-c2ccc(C)cc2)cc1. The molecule has 0 amide bonds. The second-order valence-electron chi connectivity index (χ2n) is 6.61. The standard InChI is InChI=1S/C20H20N6O/c1-12-4-8-14(9-5-12)22-20-23-18-16(17(21)24-25(18)3)19(27)26(20)15-10-6-13(2)7-11-15/h4-11H,1-3H3,(H2,21,24)(H,22,23). The molecule has 0 aliphatic carbocycles. The Labute approximate surface area is 156 Å². The number of aryl methyl sites for hydroxylation is 3. The van der Waals surface area contributed by atoms with Crippen molar-refractivity contribution in [2.75, 3.05) is 11.1 Å². The summed E-state index contributed by atoms with van der Waals surface area (Å²) in [4.78, 5) is 17.9. The van der Waals surface area contributed by atoms with Gasteiger partial charge in [-0.05, 0) is 38.1 Å². The molecule has 0 aliphatic heterocycles. The average Bonchev–Trinajstić information content (AvgIpc) is 2.92. The molecule has 7 heteroatoms. The summed E-state index contributed by atoms with van der Waals surface area (Å²) in [5.74, 6) is 0.580. The van der Waals surface area contributed by atoms with Crippen molar-refractivity contribution >= 4 is 28.5 Å². The molecule has 7 nitrogen and oxygen atoms in total. The third-order valence-electron chi connectivity index (χ3n) is 4.48. The van der Waals surface area contributed by atoms with E-state index >= 15 is 0 Å². The Morgan fingerprint density at radius 2 is 1.56 bits per heavy atom. The highest BCUT2D eigenvalue weighted by Gasteiger charge is 2.18. The topological polar surface area (TPSA) is 90.8 Å². The number of aromatic nitrogens is 4. The van der Waals surface area contributed by atoms with Gasteiger partial charge >= 0.3 is 0 Å². The van der Waals surface area contributed by atoms with Crippen LogP contribution < -0.4 is 16.6 Å². The van der Waals surface area contributed by atoms with Crippen LogP contribution in [0.25, 0.3) is 16.7 Å². The molecule has 0 fully saturated rings. The van der Waals surface area contributed by atoms with Crippen LogP contribution in [0.3, 0.4) is 0 Å². The minimum Gasteiger partial charge on any atom is -0.381 e. The highest BCUT2D eigenvalue weighted by Crippen LogP contribution is 2.22. The molecule has 4 rings (SSSR count). The molecule has 0 bridgehead atoms. The number of benzene rings is 2. The van der Waals surface area contributed by atoms with E-state index in [2.05, 4.69) is 15.4 Å². The van der Waals surface area contributed by atoms with Crippen molar-refractivity contribution in [3.05, 3.63) is 70.0 Å². The Kier molecular flexibility index (Phi) is 3.92. The van der Waals surface area contributed by atoms with Crippen LogP contribution in [-0.4, -0.2) is 19.3 Å². The second kappa shape index (κ2) is 6.28. The predicted molar refractivity (Wildman–Crippen MR) is 108 cm³/mol. The third kappa shape index (κ3) is 2.93. The number of hydrogen-bond acceptors (Lipinski definition) is 5. The van der Waals surface area contributed by atoms with Crippen LogP contribution in [0.2, 0.25) is 0 Å². The van der Waals surface area contributed by atoms with Crippen LogP contribution in [0.1, 0.15) is 11.1 Å². The van der Waals surface area contributed by atoms with E-state index in [9.17, 15) is 4.79 Å². The second-order valence-corrected chi connectivity index (χ2v) is 6.61. The van der Waals surface area contributed by atoms with E-state index in [0.717, 1.165) is 16.8 Å².